The Bertz CT molecular complexity index is 818. The van der Waals surface area contributed by atoms with Crippen LogP contribution in [0.5, 0.6) is 0 Å². The van der Waals surface area contributed by atoms with Crippen molar-refractivity contribution in [1.29, 1.82) is 0 Å². The Kier molecular flexibility index (Phi) is 3.71. The van der Waals surface area contributed by atoms with Crippen molar-refractivity contribution in [3.63, 3.8) is 0 Å². The highest BCUT2D eigenvalue weighted by atomic mass is 16.2. The molecule has 25 heavy (non-hydrogen) atoms. The van der Waals surface area contributed by atoms with Gasteiger partial charge in [0.25, 0.3) is 5.91 Å². The lowest BCUT2D eigenvalue weighted by molar-refractivity contribution is 0.0866. The average molecular weight is 338 g/mol. The van der Waals surface area contributed by atoms with E-state index in [-0.39, 0.29) is 11.9 Å². The molecule has 3 aliphatic rings. The molecule has 2 atom stereocenters. The lowest BCUT2D eigenvalue weighted by Gasteiger charge is -2.34. The Morgan fingerprint density at radius 3 is 3.04 bits per heavy atom. The van der Waals surface area contributed by atoms with Gasteiger partial charge in [-0.3, -0.25) is 19.7 Å². The van der Waals surface area contributed by atoms with E-state index in [1.165, 1.54) is 0 Å². The molecule has 2 aliphatic heterocycles. The van der Waals surface area contributed by atoms with Gasteiger partial charge in [0, 0.05) is 12.7 Å². The third-order valence-corrected chi connectivity index (χ3v) is 5.02. The minimum atomic E-state index is -0.101. The van der Waals surface area contributed by atoms with Gasteiger partial charge < -0.3 is 5.32 Å². The summed E-state index contributed by atoms with van der Waals surface area (Å²) in [4.78, 5) is 21.4. The fourth-order valence-corrected chi connectivity index (χ4v) is 3.79. The highest BCUT2D eigenvalue weighted by molar-refractivity contribution is 6.20. The number of hydrogen-bond acceptors (Lipinski definition) is 5. The fraction of sp³-hybridized carbons (Fsp3) is 0.389. The number of aromatic amines is 1. The average Bonchev–Trinajstić information content (AvgIpc) is 3.30. The van der Waals surface area contributed by atoms with Crippen LogP contribution >= 0.6 is 0 Å². The Morgan fingerprint density at radius 2 is 2.28 bits per heavy atom. The van der Waals surface area contributed by atoms with Crippen LogP contribution in [-0.2, 0) is 0 Å². The monoisotopic (exact) mass is 338 g/mol. The van der Waals surface area contributed by atoms with Gasteiger partial charge in [0.2, 0.25) is 5.96 Å². The number of amides is 1. The van der Waals surface area contributed by atoms with E-state index in [1.54, 1.807) is 18.0 Å². The molecule has 1 aromatic heterocycles. The molecule has 1 aromatic rings. The van der Waals surface area contributed by atoms with Gasteiger partial charge in [0.15, 0.2) is 5.82 Å². The Morgan fingerprint density at radius 1 is 1.44 bits per heavy atom. The van der Waals surface area contributed by atoms with E-state index in [4.69, 9.17) is 4.99 Å². The van der Waals surface area contributed by atoms with Crippen LogP contribution < -0.4 is 10.2 Å². The maximum atomic E-state index is 12.9. The number of fused-ring (bicyclic) bond motifs is 5. The number of nitrogens with zero attached hydrogens (tertiary/aromatic N) is 4. The maximum Gasteiger partial charge on any atom is 0.267 e. The Hall–Kier alpha value is -2.83. The van der Waals surface area contributed by atoms with Crippen molar-refractivity contribution < 1.29 is 4.79 Å². The number of allylic oxidation sites excluding steroid dienone is 4. The highest BCUT2D eigenvalue weighted by Crippen LogP contribution is 2.41. The van der Waals surface area contributed by atoms with Crippen molar-refractivity contribution in [2.45, 2.75) is 38.3 Å². The van der Waals surface area contributed by atoms with Gasteiger partial charge >= 0.3 is 0 Å². The molecule has 3 heterocycles. The minimum Gasteiger partial charge on any atom is -0.340 e. The van der Waals surface area contributed by atoms with Gasteiger partial charge in [-0.25, -0.2) is 4.99 Å². The number of anilines is 2. The number of carbonyl (C=O) groups is 1. The van der Waals surface area contributed by atoms with Crippen LogP contribution in [0.3, 0.4) is 0 Å². The van der Waals surface area contributed by atoms with E-state index < -0.39 is 0 Å². The predicted molar refractivity (Wildman–Crippen MR) is 98.7 cm³/mol. The number of carbonyl (C=O) groups excluding carboxylic acids is 1. The molecule has 1 saturated carbocycles. The van der Waals surface area contributed by atoms with Gasteiger partial charge in [-0.1, -0.05) is 18.7 Å². The minimum absolute atomic E-state index is 0.101. The molecule has 4 rings (SSSR count). The second kappa shape index (κ2) is 5.91. The molecule has 0 bridgehead atoms. The first-order valence-corrected chi connectivity index (χ1v) is 8.61. The van der Waals surface area contributed by atoms with E-state index in [9.17, 15) is 4.79 Å². The number of H-pyrrole nitrogens is 1. The Labute approximate surface area is 146 Å². The van der Waals surface area contributed by atoms with Gasteiger partial charge in [-0.05, 0) is 38.3 Å². The first kappa shape index (κ1) is 15.7. The van der Waals surface area contributed by atoms with Gasteiger partial charge in [-0.15, -0.1) is 0 Å². The molecule has 0 spiro atoms. The number of aromatic nitrogens is 2. The van der Waals surface area contributed by atoms with Crippen LogP contribution in [-0.4, -0.2) is 46.1 Å². The second-order valence-electron chi connectivity index (χ2n) is 6.50. The molecule has 130 valence electrons. The van der Waals surface area contributed by atoms with Crippen molar-refractivity contribution in [3.05, 3.63) is 42.1 Å². The summed E-state index contributed by atoms with van der Waals surface area (Å²) in [7, 11) is 1.78. The van der Waals surface area contributed by atoms with Crippen molar-refractivity contribution in [3.8, 4) is 0 Å². The van der Waals surface area contributed by atoms with Crippen molar-refractivity contribution in [1.82, 2.24) is 15.1 Å². The standard InChI is InChI=1S/C18H22N6O/c1-4-6-8-11(5-2)19-15-14-16(22-21-15)24-13-10-7-9-12(13)20-18(24)23(3)17(14)25/h4-6,8,12-13H,2,7,9-10H2,1,3H3,(H2,19,21,22)/b6-4-,11-8+/t12-,13+/m1/s1. The van der Waals surface area contributed by atoms with Crippen LogP contribution in [0.1, 0.15) is 36.5 Å². The first-order chi connectivity index (χ1) is 12.2. The summed E-state index contributed by atoms with van der Waals surface area (Å²) in [6.07, 6.45) is 10.8. The number of hydrogen-bond donors (Lipinski definition) is 2. The zero-order valence-electron chi connectivity index (χ0n) is 14.5. The summed E-state index contributed by atoms with van der Waals surface area (Å²) in [5.74, 6) is 1.88. The number of nitrogens with one attached hydrogen (secondary N) is 2. The van der Waals surface area contributed by atoms with E-state index in [1.807, 2.05) is 25.2 Å². The second-order valence-corrected chi connectivity index (χ2v) is 6.50. The molecule has 7 nitrogen and oxygen atoms in total. The lowest BCUT2D eigenvalue weighted by atomic mass is 10.1. The van der Waals surface area contributed by atoms with Crippen LogP contribution in [0.2, 0.25) is 0 Å². The van der Waals surface area contributed by atoms with Crippen molar-refractivity contribution in [2.75, 3.05) is 17.3 Å². The molecule has 2 N–H and O–H groups in total. The molecular formula is C18H22N6O. The predicted octanol–water partition coefficient (Wildman–Crippen LogP) is 2.65. The number of rotatable bonds is 4. The summed E-state index contributed by atoms with van der Waals surface area (Å²) in [6, 6.07) is 0.570. The summed E-state index contributed by atoms with van der Waals surface area (Å²) in [5, 5.41) is 10.6. The van der Waals surface area contributed by atoms with E-state index in [2.05, 4.69) is 27.0 Å². The highest BCUT2D eigenvalue weighted by Gasteiger charge is 2.48. The molecule has 1 amide bonds. The molecule has 0 unspecified atom stereocenters. The van der Waals surface area contributed by atoms with Crippen LogP contribution in [0.4, 0.5) is 11.6 Å². The lowest BCUT2D eigenvalue weighted by Crippen LogP contribution is -2.51. The quantitative estimate of drug-likeness (QED) is 0.828. The normalized spacial score (nSPS) is 25.1. The summed E-state index contributed by atoms with van der Waals surface area (Å²) in [6.45, 7) is 5.76. The Balaban J connectivity index is 1.74. The van der Waals surface area contributed by atoms with E-state index in [0.717, 1.165) is 30.9 Å². The SMILES string of the molecule is C=C/C(=C\C=C/C)Nc1[nH]nc2c1C(=O)N(C)C1=N[C@@H]3CCC[C@@H]3N12. The first-order valence-electron chi connectivity index (χ1n) is 8.61. The molecule has 0 saturated heterocycles. The smallest absolute Gasteiger partial charge is 0.267 e. The third kappa shape index (κ3) is 2.30. The molecule has 1 aliphatic carbocycles. The summed E-state index contributed by atoms with van der Waals surface area (Å²) < 4.78 is 0. The van der Waals surface area contributed by atoms with Gasteiger partial charge in [-0.2, -0.15) is 5.10 Å². The molecular weight excluding hydrogens is 316 g/mol. The van der Waals surface area contributed by atoms with Crippen LogP contribution in [0.15, 0.2) is 41.6 Å². The van der Waals surface area contributed by atoms with Crippen molar-refractivity contribution >= 4 is 23.5 Å². The third-order valence-electron chi connectivity index (χ3n) is 5.02. The van der Waals surface area contributed by atoms with Crippen LogP contribution in [0, 0.1) is 0 Å². The number of guanidine groups is 1. The molecule has 7 heteroatoms. The molecule has 0 aromatic carbocycles. The largest absolute Gasteiger partial charge is 0.340 e. The van der Waals surface area contributed by atoms with Gasteiger partial charge in [0.1, 0.15) is 11.4 Å². The fourth-order valence-electron chi connectivity index (χ4n) is 3.79. The zero-order chi connectivity index (χ0) is 17.6. The number of aliphatic imine (C=N–C) groups is 1. The molecule has 1 fully saturated rings. The van der Waals surface area contributed by atoms with Crippen LogP contribution in [0.25, 0.3) is 0 Å². The van der Waals surface area contributed by atoms with Crippen molar-refractivity contribution in [2.24, 2.45) is 4.99 Å². The summed E-state index contributed by atoms with van der Waals surface area (Å²) in [5.41, 5.74) is 1.35. The molecule has 0 radical (unpaired) electrons. The van der Waals surface area contributed by atoms with Gasteiger partial charge in [0.05, 0.1) is 12.1 Å². The van der Waals surface area contributed by atoms with E-state index in [0.29, 0.717) is 23.2 Å². The topological polar surface area (TPSA) is 76.6 Å². The van der Waals surface area contributed by atoms with E-state index >= 15 is 0 Å². The summed E-state index contributed by atoms with van der Waals surface area (Å²) >= 11 is 0. The maximum absolute atomic E-state index is 12.9. The zero-order valence-corrected chi connectivity index (χ0v) is 14.5.